The van der Waals surface area contributed by atoms with E-state index in [1.165, 1.54) is 11.3 Å². The summed E-state index contributed by atoms with van der Waals surface area (Å²) in [4.78, 5) is 24.9. The number of carbonyl (C=O) groups excluding carboxylic acids is 1. The van der Waals surface area contributed by atoms with Gasteiger partial charge in [0.1, 0.15) is 5.69 Å². The summed E-state index contributed by atoms with van der Waals surface area (Å²) in [5, 5.41) is 12.1. The lowest BCUT2D eigenvalue weighted by Crippen LogP contribution is -2.39. The Bertz CT molecular complexity index is 854. The van der Waals surface area contributed by atoms with Crippen molar-refractivity contribution in [3.8, 4) is 10.7 Å². The van der Waals surface area contributed by atoms with Crippen LogP contribution in [-0.2, 0) is 6.54 Å². The smallest absolute Gasteiger partial charge is 0.319 e. The van der Waals surface area contributed by atoms with E-state index in [9.17, 15) is 4.79 Å². The topological polar surface area (TPSA) is 87.1 Å². The van der Waals surface area contributed by atoms with E-state index < -0.39 is 0 Å². The van der Waals surface area contributed by atoms with Crippen molar-refractivity contribution in [1.29, 1.82) is 0 Å². The van der Waals surface area contributed by atoms with E-state index in [0.717, 1.165) is 17.8 Å². The average molecular weight is 383 g/mol. The molecule has 0 aliphatic carbocycles. The standard InChI is InChI=1S/C18H21N7OS/c1-24(2)10-11-25(13-14-6-5-8-19-12-14)18(26)21-17-23-22-16(27-17)15-7-3-4-9-20-15/h3-9,12H,10-11,13H2,1-2H3,(H,21,23,26). The molecule has 0 spiro atoms. The number of rotatable bonds is 7. The maximum Gasteiger partial charge on any atom is 0.324 e. The van der Waals surface area contributed by atoms with E-state index in [-0.39, 0.29) is 6.03 Å². The van der Waals surface area contributed by atoms with Gasteiger partial charge in [-0.1, -0.05) is 23.5 Å². The molecule has 0 unspecified atom stereocenters. The summed E-state index contributed by atoms with van der Waals surface area (Å²) in [5.74, 6) is 0. The number of amides is 2. The molecule has 3 rings (SSSR count). The SMILES string of the molecule is CN(C)CCN(Cc1cccnc1)C(=O)Nc1nnc(-c2ccccn2)s1. The largest absolute Gasteiger partial charge is 0.324 e. The fourth-order valence-electron chi connectivity index (χ4n) is 2.32. The van der Waals surface area contributed by atoms with Crippen molar-refractivity contribution in [2.75, 3.05) is 32.5 Å². The Balaban J connectivity index is 1.69. The van der Waals surface area contributed by atoms with Gasteiger partial charge in [-0.25, -0.2) is 4.79 Å². The Morgan fingerprint density at radius 1 is 1.11 bits per heavy atom. The number of nitrogens with one attached hydrogen (secondary N) is 1. The highest BCUT2D eigenvalue weighted by atomic mass is 32.1. The number of pyridine rings is 2. The first-order valence-corrected chi connectivity index (χ1v) is 9.28. The first-order valence-electron chi connectivity index (χ1n) is 8.46. The highest BCUT2D eigenvalue weighted by Gasteiger charge is 2.17. The van der Waals surface area contributed by atoms with Gasteiger partial charge in [0.25, 0.3) is 0 Å². The highest BCUT2D eigenvalue weighted by Crippen LogP contribution is 2.24. The second-order valence-electron chi connectivity index (χ2n) is 6.14. The summed E-state index contributed by atoms with van der Waals surface area (Å²) in [6.45, 7) is 1.81. The van der Waals surface area contributed by atoms with E-state index in [1.807, 2.05) is 49.3 Å². The van der Waals surface area contributed by atoms with E-state index >= 15 is 0 Å². The molecular formula is C18H21N7OS. The number of hydrogen-bond donors (Lipinski definition) is 1. The molecule has 3 aromatic rings. The molecule has 0 saturated heterocycles. The molecule has 0 aliphatic rings. The van der Waals surface area contributed by atoms with Gasteiger partial charge in [0.05, 0.1) is 0 Å². The van der Waals surface area contributed by atoms with Crippen molar-refractivity contribution < 1.29 is 4.79 Å². The number of aromatic nitrogens is 4. The van der Waals surface area contributed by atoms with Crippen LogP contribution in [0, 0.1) is 0 Å². The van der Waals surface area contributed by atoms with Gasteiger partial charge in [-0.3, -0.25) is 15.3 Å². The predicted molar refractivity (Wildman–Crippen MR) is 105 cm³/mol. The highest BCUT2D eigenvalue weighted by molar-refractivity contribution is 7.18. The zero-order valence-corrected chi connectivity index (χ0v) is 16.1. The van der Waals surface area contributed by atoms with Crippen LogP contribution in [0.3, 0.4) is 0 Å². The summed E-state index contributed by atoms with van der Waals surface area (Å²) in [5.41, 5.74) is 1.70. The lowest BCUT2D eigenvalue weighted by Gasteiger charge is -2.24. The van der Waals surface area contributed by atoms with Crippen molar-refractivity contribution in [1.82, 2.24) is 30.0 Å². The van der Waals surface area contributed by atoms with Crippen molar-refractivity contribution in [3.05, 3.63) is 54.5 Å². The molecule has 0 fully saturated rings. The molecule has 0 radical (unpaired) electrons. The number of likely N-dealkylation sites (N-methyl/N-ethyl adjacent to an activating group) is 1. The number of urea groups is 1. The quantitative estimate of drug-likeness (QED) is 0.675. The summed E-state index contributed by atoms with van der Waals surface area (Å²) in [6, 6.07) is 9.18. The summed E-state index contributed by atoms with van der Waals surface area (Å²) < 4.78 is 0. The summed E-state index contributed by atoms with van der Waals surface area (Å²) in [7, 11) is 3.95. The van der Waals surface area contributed by atoms with Gasteiger partial charge in [-0.2, -0.15) is 0 Å². The molecule has 2 amide bonds. The van der Waals surface area contributed by atoms with Gasteiger partial charge in [-0.15, -0.1) is 10.2 Å². The summed E-state index contributed by atoms with van der Waals surface area (Å²) in [6.07, 6.45) is 5.18. The third-order valence-corrected chi connectivity index (χ3v) is 4.58. The van der Waals surface area contributed by atoms with Gasteiger partial charge >= 0.3 is 6.03 Å². The normalized spacial score (nSPS) is 10.8. The third kappa shape index (κ3) is 5.53. The summed E-state index contributed by atoms with van der Waals surface area (Å²) >= 11 is 1.30. The van der Waals surface area contributed by atoms with Gasteiger partial charge < -0.3 is 9.80 Å². The Morgan fingerprint density at radius 2 is 2.00 bits per heavy atom. The second-order valence-corrected chi connectivity index (χ2v) is 7.12. The second kappa shape index (κ2) is 9.15. The van der Waals surface area contributed by atoms with E-state index in [2.05, 4.69) is 25.5 Å². The minimum atomic E-state index is -0.218. The predicted octanol–water partition coefficient (Wildman–Crippen LogP) is 2.59. The maximum absolute atomic E-state index is 12.8. The number of hydrogen-bond acceptors (Lipinski definition) is 7. The van der Waals surface area contributed by atoms with Crippen LogP contribution in [0.1, 0.15) is 5.56 Å². The minimum absolute atomic E-state index is 0.218. The van der Waals surface area contributed by atoms with Gasteiger partial charge in [0.2, 0.25) is 5.13 Å². The average Bonchev–Trinajstić information content (AvgIpc) is 3.15. The van der Waals surface area contributed by atoms with Crippen molar-refractivity contribution in [3.63, 3.8) is 0 Å². The van der Waals surface area contributed by atoms with E-state index in [0.29, 0.717) is 23.2 Å². The molecule has 0 bridgehead atoms. The van der Waals surface area contributed by atoms with Crippen LogP contribution in [0.15, 0.2) is 48.9 Å². The Kier molecular flexibility index (Phi) is 6.39. The van der Waals surface area contributed by atoms with Gasteiger partial charge in [0.15, 0.2) is 5.01 Å². The molecular weight excluding hydrogens is 362 g/mol. The molecule has 3 aromatic heterocycles. The van der Waals surface area contributed by atoms with E-state index in [4.69, 9.17) is 0 Å². The lowest BCUT2D eigenvalue weighted by molar-refractivity contribution is 0.202. The monoisotopic (exact) mass is 383 g/mol. The Labute approximate surface area is 161 Å². The van der Waals surface area contributed by atoms with Crippen molar-refractivity contribution >= 4 is 22.5 Å². The first kappa shape index (κ1) is 18.9. The zero-order valence-electron chi connectivity index (χ0n) is 15.2. The van der Waals surface area contributed by atoms with E-state index in [1.54, 1.807) is 23.5 Å². The van der Waals surface area contributed by atoms with Crippen LogP contribution >= 0.6 is 11.3 Å². The number of nitrogens with zero attached hydrogens (tertiary/aromatic N) is 6. The van der Waals surface area contributed by atoms with Crippen LogP contribution in [0.25, 0.3) is 10.7 Å². The van der Waals surface area contributed by atoms with Crippen LogP contribution in [0.5, 0.6) is 0 Å². The fraction of sp³-hybridized carbons (Fsp3) is 0.278. The molecule has 3 heterocycles. The molecule has 9 heteroatoms. The molecule has 0 saturated carbocycles. The molecule has 0 aliphatic heterocycles. The molecule has 0 atom stereocenters. The zero-order chi connectivity index (χ0) is 19.1. The van der Waals surface area contributed by atoms with Crippen LogP contribution in [-0.4, -0.2) is 63.2 Å². The Morgan fingerprint density at radius 3 is 2.70 bits per heavy atom. The first-order chi connectivity index (χ1) is 13.1. The minimum Gasteiger partial charge on any atom is -0.319 e. The maximum atomic E-state index is 12.8. The molecule has 140 valence electrons. The fourth-order valence-corrected chi connectivity index (χ4v) is 3.03. The third-order valence-electron chi connectivity index (χ3n) is 3.72. The van der Waals surface area contributed by atoms with Gasteiger partial charge in [-0.05, 0) is 37.9 Å². The molecule has 0 aromatic carbocycles. The Hall–Kier alpha value is -2.91. The molecule has 27 heavy (non-hydrogen) atoms. The van der Waals surface area contributed by atoms with Crippen LogP contribution < -0.4 is 5.32 Å². The number of carbonyl (C=O) groups is 1. The number of anilines is 1. The van der Waals surface area contributed by atoms with Crippen molar-refractivity contribution in [2.24, 2.45) is 0 Å². The molecule has 8 nitrogen and oxygen atoms in total. The lowest BCUT2D eigenvalue weighted by atomic mass is 10.2. The van der Waals surface area contributed by atoms with Crippen LogP contribution in [0.2, 0.25) is 0 Å². The van der Waals surface area contributed by atoms with Gasteiger partial charge in [0, 0.05) is 38.2 Å². The van der Waals surface area contributed by atoms with Crippen LogP contribution in [0.4, 0.5) is 9.93 Å². The molecule has 1 N–H and O–H groups in total. The van der Waals surface area contributed by atoms with Crippen molar-refractivity contribution in [2.45, 2.75) is 6.54 Å².